The number of halogens is 1. The predicted molar refractivity (Wildman–Crippen MR) is 73.0 cm³/mol. The van der Waals surface area contributed by atoms with Crippen molar-refractivity contribution in [3.8, 4) is 0 Å². The highest BCUT2D eigenvalue weighted by Gasteiger charge is 2.44. The summed E-state index contributed by atoms with van der Waals surface area (Å²) in [7, 11) is 1.89. The molecule has 1 aliphatic rings. The maximum atomic E-state index is 10.8. The van der Waals surface area contributed by atoms with E-state index in [0.717, 1.165) is 40.8 Å². The third kappa shape index (κ3) is 3.01. The molecular formula is C12H17ClN2O2S. The van der Waals surface area contributed by atoms with Crippen molar-refractivity contribution in [2.75, 3.05) is 5.75 Å². The second kappa shape index (κ2) is 5.13. The number of carbonyl (C=O) groups is 1. The van der Waals surface area contributed by atoms with Crippen LogP contribution in [0.5, 0.6) is 0 Å². The quantitative estimate of drug-likeness (QED) is 0.874. The highest BCUT2D eigenvalue weighted by Crippen LogP contribution is 2.51. The summed E-state index contributed by atoms with van der Waals surface area (Å²) in [6.07, 6.45) is 2.35. The van der Waals surface area contributed by atoms with Crippen LogP contribution in [0, 0.1) is 12.3 Å². The van der Waals surface area contributed by atoms with Crippen LogP contribution >= 0.6 is 23.4 Å². The summed E-state index contributed by atoms with van der Waals surface area (Å²) in [5, 5.41) is 13.8. The van der Waals surface area contributed by atoms with Gasteiger partial charge in [-0.15, -0.1) is 0 Å². The molecule has 1 fully saturated rings. The van der Waals surface area contributed by atoms with Crippen LogP contribution in [0.15, 0.2) is 0 Å². The Hall–Kier alpha value is -0.680. The predicted octanol–water partition coefficient (Wildman–Crippen LogP) is 2.87. The average molecular weight is 289 g/mol. The van der Waals surface area contributed by atoms with Gasteiger partial charge in [-0.1, -0.05) is 11.6 Å². The normalized spacial score (nSPS) is 16.8. The van der Waals surface area contributed by atoms with E-state index in [1.807, 2.05) is 14.0 Å². The number of nitrogens with zero attached hydrogens (tertiary/aromatic N) is 2. The molecule has 2 rings (SSSR count). The first kappa shape index (κ1) is 13.7. The van der Waals surface area contributed by atoms with E-state index in [2.05, 4.69) is 5.10 Å². The number of aromatic nitrogens is 2. The van der Waals surface area contributed by atoms with Crippen molar-refractivity contribution in [2.24, 2.45) is 12.5 Å². The largest absolute Gasteiger partial charge is 0.481 e. The molecule has 0 aromatic carbocycles. The van der Waals surface area contributed by atoms with Gasteiger partial charge in [0.05, 0.1) is 22.8 Å². The standard InChI is InChI=1S/C12H17ClN2O2S/c1-8-11(13)9(15(2)14-8)6-18-7-12(3-4-12)5-10(16)17/h3-7H2,1-2H3,(H,16,17). The summed E-state index contributed by atoms with van der Waals surface area (Å²) in [5.74, 6) is 0.986. The maximum absolute atomic E-state index is 10.8. The van der Waals surface area contributed by atoms with E-state index in [1.165, 1.54) is 0 Å². The van der Waals surface area contributed by atoms with Gasteiger partial charge in [0.1, 0.15) is 0 Å². The lowest BCUT2D eigenvalue weighted by Gasteiger charge is -2.11. The van der Waals surface area contributed by atoms with Crippen LogP contribution in [0.3, 0.4) is 0 Å². The van der Waals surface area contributed by atoms with E-state index in [-0.39, 0.29) is 11.8 Å². The van der Waals surface area contributed by atoms with E-state index in [4.69, 9.17) is 16.7 Å². The first-order chi connectivity index (χ1) is 8.43. The molecule has 1 heterocycles. The van der Waals surface area contributed by atoms with Gasteiger partial charge in [0.15, 0.2) is 0 Å². The van der Waals surface area contributed by atoms with E-state index < -0.39 is 5.97 Å². The number of rotatable bonds is 6. The van der Waals surface area contributed by atoms with E-state index in [9.17, 15) is 4.79 Å². The van der Waals surface area contributed by atoms with Crippen LogP contribution in [0.4, 0.5) is 0 Å². The second-order valence-corrected chi connectivity index (χ2v) is 6.40. The van der Waals surface area contributed by atoms with Gasteiger partial charge in [-0.2, -0.15) is 16.9 Å². The number of hydrogen-bond donors (Lipinski definition) is 1. The van der Waals surface area contributed by atoms with Gasteiger partial charge in [0, 0.05) is 12.8 Å². The van der Waals surface area contributed by atoms with Gasteiger partial charge < -0.3 is 5.11 Å². The summed E-state index contributed by atoms with van der Waals surface area (Å²) < 4.78 is 1.81. The number of aryl methyl sites for hydroxylation is 2. The lowest BCUT2D eigenvalue weighted by molar-refractivity contribution is -0.138. The van der Waals surface area contributed by atoms with Gasteiger partial charge in [0.2, 0.25) is 0 Å². The van der Waals surface area contributed by atoms with Crippen LogP contribution in [0.2, 0.25) is 5.02 Å². The fourth-order valence-corrected chi connectivity index (χ4v) is 3.83. The zero-order valence-corrected chi connectivity index (χ0v) is 12.1. The van der Waals surface area contributed by atoms with Crippen molar-refractivity contribution in [2.45, 2.75) is 31.9 Å². The first-order valence-corrected chi connectivity index (χ1v) is 7.44. The Morgan fingerprint density at radius 1 is 1.61 bits per heavy atom. The van der Waals surface area contributed by atoms with E-state index in [1.54, 1.807) is 16.4 Å². The maximum Gasteiger partial charge on any atom is 0.303 e. The van der Waals surface area contributed by atoms with E-state index >= 15 is 0 Å². The molecule has 0 atom stereocenters. The van der Waals surface area contributed by atoms with Crippen molar-refractivity contribution in [3.63, 3.8) is 0 Å². The van der Waals surface area contributed by atoms with Crippen molar-refractivity contribution in [1.29, 1.82) is 0 Å². The molecule has 1 saturated carbocycles. The molecule has 0 unspecified atom stereocenters. The van der Waals surface area contributed by atoms with Crippen molar-refractivity contribution < 1.29 is 9.90 Å². The second-order valence-electron chi connectivity index (χ2n) is 5.03. The average Bonchev–Trinajstić information content (AvgIpc) is 2.97. The molecule has 100 valence electrons. The molecule has 1 aromatic heterocycles. The molecular weight excluding hydrogens is 272 g/mol. The molecule has 0 saturated heterocycles. The summed E-state index contributed by atoms with van der Waals surface area (Å²) in [5.41, 5.74) is 1.91. The Balaban J connectivity index is 1.87. The van der Waals surface area contributed by atoms with Crippen LogP contribution in [0.1, 0.15) is 30.7 Å². The third-order valence-electron chi connectivity index (χ3n) is 3.39. The fraction of sp³-hybridized carbons (Fsp3) is 0.667. The highest BCUT2D eigenvalue weighted by molar-refractivity contribution is 7.98. The van der Waals surface area contributed by atoms with Crippen molar-refractivity contribution >= 4 is 29.3 Å². The molecule has 1 aliphatic carbocycles. The monoisotopic (exact) mass is 288 g/mol. The van der Waals surface area contributed by atoms with Crippen LogP contribution in [-0.4, -0.2) is 26.6 Å². The van der Waals surface area contributed by atoms with E-state index in [0.29, 0.717) is 0 Å². The summed E-state index contributed by atoms with van der Waals surface area (Å²) in [6, 6.07) is 0. The number of carboxylic acid groups (broad SMARTS) is 1. The lowest BCUT2D eigenvalue weighted by atomic mass is 10.1. The number of carboxylic acids is 1. The van der Waals surface area contributed by atoms with Gasteiger partial charge in [0.25, 0.3) is 0 Å². The Morgan fingerprint density at radius 2 is 2.28 bits per heavy atom. The molecule has 6 heteroatoms. The highest BCUT2D eigenvalue weighted by atomic mass is 35.5. The molecule has 0 spiro atoms. The lowest BCUT2D eigenvalue weighted by Crippen LogP contribution is -2.11. The van der Waals surface area contributed by atoms with Crippen molar-refractivity contribution in [1.82, 2.24) is 9.78 Å². The minimum absolute atomic E-state index is 0.0383. The molecule has 0 amide bonds. The Bertz CT molecular complexity index is 469. The Labute approximate surface area is 116 Å². The molecule has 1 N–H and O–H groups in total. The summed E-state index contributed by atoms with van der Waals surface area (Å²) >= 11 is 7.92. The summed E-state index contributed by atoms with van der Waals surface area (Å²) in [6.45, 7) is 1.89. The van der Waals surface area contributed by atoms with Crippen LogP contribution < -0.4 is 0 Å². The zero-order valence-electron chi connectivity index (χ0n) is 10.6. The molecule has 0 bridgehead atoms. The molecule has 1 aromatic rings. The zero-order chi connectivity index (χ0) is 13.3. The van der Waals surface area contributed by atoms with Gasteiger partial charge >= 0.3 is 5.97 Å². The van der Waals surface area contributed by atoms with Gasteiger partial charge in [-0.25, -0.2) is 0 Å². The Kier molecular flexibility index (Phi) is 3.92. The minimum atomic E-state index is -0.692. The van der Waals surface area contributed by atoms with Gasteiger partial charge in [-0.3, -0.25) is 9.48 Å². The number of thioether (sulfide) groups is 1. The minimum Gasteiger partial charge on any atom is -0.481 e. The Morgan fingerprint density at radius 3 is 2.72 bits per heavy atom. The number of aliphatic carboxylic acids is 1. The molecule has 18 heavy (non-hydrogen) atoms. The molecule has 4 nitrogen and oxygen atoms in total. The van der Waals surface area contributed by atoms with Gasteiger partial charge in [-0.05, 0) is 30.9 Å². The molecule has 0 radical (unpaired) electrons. The fourth-order valence-electron chi connectivity index (χ4n) is 2.07. The topological polar surface area (TPSA) is 55.1 Å². The summed E-state index contributed by atoms with van der Waals surface area (Å²) in [4.78, 5) is 10.8. The SMILES string of the molecule is Cc1nn(C)c(CSCC2(CC(=O)O)CC2)c1Cl. The third-order valence-corrected chi connectivity index (χ3v) is 5.18. The van der Waals surface area contributed by atoms with Crippen LogP contribution in [0.25, 0.3) is 0 Å². The van der Waals surface area contributed by atoms with Crippen molar-refractivity contribution in [3.05, 3.63) is 16.4 Å². The smallest absolute Gasteiger partial charge is 0.303 e. The number of hydrogen-bond acceptors (Lipinski definition) is 3. The van der Waals surface area contributed by atoms with Crippen LogP contribution in [-0.2, 0) is 17.6 Å². The molecule has 0 aliphatic heterocycles. The first-order valence-electron chi connectivity index (χ1n) is 5.91.